The van der Waals surface area contributed by atoms with Gasteiger partial charge >= 0.3 is 6.09 Å². The Labute approximate surface area is 135 Å². The first-order valence-corrected chi connectivity index (χ1v) is 7.38. The summed E-state index contributed by atoms with van der Waals surface area (Å²) in [7, 11) is 0. The van der Waals surface area contributed by atoms with Crippen molar-refractivity contribution in [3.05, 3.63) is 29.8 Å². The number of benzene rings is 1. The van der Waals surface area contributed by atoms with Crippen LogP contribution in [0.2, 0.25) is 0 Å². The number of hydrogen-bond donors (Lipinski definition) is 1. The number of fused-ring (bicyclic) bond motifs is 1. The molecule has 0 aliphatic carbocycles. The summed E-state index contributed by atoms with van der Waals surface area (Å²) >= 11 is 0. The Morgan fingerprint density at radius 3 is 2.78 bits per heavy atom. The van der Waals surface area contributed by atoms with E-state index in [-0.39, 0.29) is 18.4 Å². The van der Waals surface area contributed by atoms with Gasteiger partial charge in [0.05, 0.1) is 18.4 Å². The number of ether oxygens (including phenoxy) is 1. The molecule has 0 saturated carbocycles. The number of carbonyl (C=O) groups excluding carboxylic acids is 2. The molecule has 1 aliphatic heterocycles. The van der Waals surface area contributed by atoms with Gasteiger partial charge in [-0.1, -0.05) is 19.9 Å². The van der Waals surface area contributed by atoms with Crippen LogP contribution < -0.4 is 10.2 Å². The molecule has 6 heteroatoms. The van der Waals surface area contributed by atoms with Gasteiger partial charge < -0.3 is 10.1 Å². The van der Waals surface area contributed by atoms with Crippen molar-refractivity contribution < 1.29 is 14.3 Å². The smallest absolute Gasteiger partial charge is 0.415 e. The molecule has 1 atom stereocenters. The highest BCUT2D eigenvalue weighted by molar-refractivity contribution is 5.96. The van der Waals surface area contributed by atoms with Crippen LogP contribution in [-0.4, -0.2) is 24.6 Å². The second-order valence-corrected chi connectivity index (χ2v) is 5.73. The molecule has 2 rings (SSSR count). The quantitative estimate of drug-likeness (QED) is 0.929. The number of rotatable bonds is 3. The van der Waals surface area contributed by atoms with E-state index in [0.717, 1.165) is 5.56 Å². The molecule has 120 valence electrons. The van der Waals surface area contributed by atoms with Crippen molar-refractivity contribution in [3.8, 4) is 6.07 Å². The van der Waals surface area contributed by atoms with E-state index in [0.29, 0.717) is 11.4 Å². The Hall–Kier alpha value is -2.81. The molecule has 1 aromatic rings. The van der Waals surface area contributed by atoms with Crippen molar-refractivity contribution >= 4 is 29.5 Å². The molecule has 1 aromatic carbocycles. The minimum atomic E-state index is -0.714. The van der Waals surface area contributed by atoms with Crippen molar-refractivity contribution in [3.63, 3.8) is 0 Å². The predicted octanol–water partition coefficient (Wildman–Crippen LogP) is 3.16. The normalized spacial score (nSPS) is 15.8. The van der Waals surface area contributed by atoms with Gasteiger partial charge in [0.1, 0.15) is 6.04 Å². The summed E-state index contributed by atoms with van der Waals surface area (Å²) in [6.45, 7) is 5.60. The van der Waals surface area contributed by atoms with Gasteiger partial charge in [-0.25, -0.2) is 4.79 Å². The summed E-state index contributed by atoms with van der Waals surface area (Å²) in [5.41, 5.74) is 1.96. The molecule has 23 heavy (non-hydrogen) atoms. The summed E-state index contributed by atoms with van der Waals surface area (Å²) in [5.74, 6) is 0.0364. The van der Waals surface area contributed by atoms with Gasteiger partial charge in [0.15, 0.2) is 0 Å². The average molecular weight is 313 g/mol. The van der Waals surface area contributed by atoms with Gasteiger partial charge in [-0.05, 0) is 30.2 Å². The van der Waals surface area contributed by atoms with E-state index >= 15 is 0 Å². The maximum atomic E-state index is 12.3. The first-order valence-electron chi connectivity index (χ1n) is 7.38. The van der Waals surface area contributed by atoms with Crippen LogP contribution in [0, 0.1) is 17.2 Å². The summed E-state index contributed by atoms with van der Waals surface area (Å²) < 4.78 is 5.26. The van der Waals surface area contributed by atoms with Crippen LogP contribution >= 0.6 is 0 Å². The fourth-order valence-electron chi connectivity index (χ4n) is 2.24. The number of nitriles is 1. The Bertz CT molecular complexity index is 689. The monoisotopic (exact) mass is 313 g/mol. The molecular formula is C17H19N3O3. The van der Waals surface area contributed by atoms with Gasteiger partial charge in [0.2, 0.25) is 5.91 Å². The predicted molar refractivity (Wildman–Crippen MR) is 87.8 cm³/mol. The number of hydrogen-bond acceptors (Lipinski definition) is 4. The molecule has 1 heterocycles. The molecule has 1 aliphatic rings. The van der Waals surface area contributed by atoms with Gasteiger partial charge in [-0.3, -0.25) is 9.69 Å². The molecule has 1 unspecified atom stereocenters. The van der Waals surface area contributed by atoms with E-state index in [4.69, 9.17) is 4.74 Å². The molecule has 0 spiro atoms. The van der Waals surface area contributed by atoms with Gasteiger partial charge in [0, 0.05) is 18.2 Å². The van der Waals surface area contributed by atoms with E-state index in [2.05, 4.69) is 11.4 Å². The minimum Gasteiger partial charge on any atom is -0.449 e. The maximum Gasteiger partial charge on any atom is 0.415 e. The summed E-state index contributed by atoms with van der Waals surface area (Å²) in [4.78, 5) is 24.8. The average Bonchev–Trinajstić information content (AvgIpc) is 2.50. The maximum absolute atomic E-state index is 12.3. The van der Waals surface area contributed by atoms with Crippen molar-refractivity contribution in [2.24, 2.45) is 5.92 Å². The lowest BCUT2D eigenvalue weighted by Gasteiger charge is -2.29. The second kappa shape index (κ2) is 6.97. The molecular weight excluding hydrogens is 294 g/mol. The summed E-state index contributed by atoms with van der Waals surface area (Å²) in [6.07, 6.45) is 2.85. The van der Waals surface area contributed by atoms with Crippen molar-refractivity contribution in [2.45, 2.75) is 26.8 Å². The first kappa shape index (κ1) is 16.6. The summed E-state index contributed by atoms with van der Waals surface area (Å²) in [5, 5.41) is 12.0. The SMILES string of the molecule is CC(=O)Nc1ccc2c(c1)C=CC(C#N)N2C(=O)OCC(C)C. The topological polar surface area (TPSA) is 82.4 Å². The van der Waals surface area contributed by atoms with E-state index in [1.807, 2.05) is 13.8 Å². The number of anilines is 2. The highest BCUT2D eigenvalue weighted by atomic mass is 16.6. The minimum absolute atomic E-state index is 0.173. The highest BCUT2D eigenvalue weighted by Gasteiger charge is 2.29. The standard InChI is InChI=1S/C17H19N3O3/c1-11(2)10-23-17(22)20-15(9-18)6-4-13-8-14(19-12(3)21)5-7-16(13)20/h4-8,11,15H,10H2,1-3H3,(H,19,21). The van der Waals surface area contributed by atoms with Crippen LogP contribution in [0.1, 0.15) is 26.3 Å². The van der Waals surface area contributed by atoms with Crippen LogP contribution in [0.15, 0.2) is 24.3 Å². The van der Waals surface area contributed by atoms with E-state index in [1.54, 1.807) is 30.4 Å². The third kappa shape index (κ3) is 3.89. The Balaban J connectivity index is 2.32. The molecule has 0 fully saturated rings. The van der Waals surface area contributed by atoms with Crippen molar-refractivity contribution in [1.82, 2.24) is 0 Å². The van der Waals surface area contributed by atoms with E-state index in [1.165, 1.54) is 11.8 Å². The van der Waals surface area contributed by atoms with Crippen LogP contribution in [0.3, 0.4) is 0 Å². The summed E-state index contributed by atoms with van der Waals surface area (Å²) in [6, 6.07) is 6.51. The molecule has 1 N–H and O–H groups in total. The Morgan fingerprint density at radius 1 is 1.43 bits per heavy atom. The number of amides is 2. The Morgan fingerprint density at radius 2 is 2.17 bits per heavy atom. The number of nitrogens with one attached hydrogen (secondary N) is 1. The Kier molecular flexibility index (Phi) is 5.02. The molecule has 0 bridgehead atoms. The number of nitrogens with zero attached hydrogens (tertiary/aromatic N) is 2. The second-order valence-electron chi connectivity index (χ2n) is 5.73. The van der Waals surface area contributed by atoms with Crippen molar-refractivity contribution in [1.29, 1.82) is 5.26 Å². The van der Waals surface area contributed by atoms with E-state index in [9.17, 15) is 14.9 Å². The number of carbonyl (C=O) groups is 2. The lowest BCUT2D eigenvalue weighted by molar-refractivity contribution is -0.114. The lowest BCUT2D eigenvalue weighted by atomic mass is 10.0. The van der Waals surface area contributed by atoms with Crippen LogP contribution in [0.5, 0.6) is 0 Å². The van der Waals surface area contributed by atoms with Crippen LogP contribution in [-0.2, 0) is 9.53 Å². The van der Waals surface area contributed by atoms with Crippen LogP contribution in [0.25, 0.3) is 6.08 Å². The van der Waals surface area contributed by atoms with Crippen molar-refractivity contribution in [2.75, 3.05) is 16.8 Å². The largest absolute Gasteiger partial charge is 0.449 e. The zero-order valence-electron chi connectivity index (χ0n) is 13.4. The molecule has 0 aromatic heterocycles. The molecule has 0 radical (unpaired) electrons. The highest BCUT2D eigenvalue weighted by Crippen LogP contribution is 2.32. The molecule has 0 saturated heterocycles. The van der Waals surface area contributed by atoms with Gasteiger partial charge in [-0.2, -0.15) is 5.26 Å². The third-order valence-corrected chi connectivity index (χ3v) is 3.21. The van der Waals surface area contributed by atoms with Gasteiger partial charge in [0.25, 0.3) is 0 Å². The fraction of sp³-hybridized carbons (Fsp3) is 0.353. The third-order valence-electron chi connectivity index (χ3n) is 3.21. The van der Waals surface area contributed by atoms with Crippen LogP contribution in [0.4, 0.5) is 16.2 Å². The van der Waals surface area contributed by atoms with E-state index < -0.39 is 12.1 Å². The molecule has 2 amide bonds. The first-order chi connectivity index (χ1) is 10.9. The lowest BCUT2D eigenvalue weighted by Crippen LogP contribution is -2.41. The zero-order valence-corrected chi connectivity index (χ0v) is 13.4. The molecule has 6 nitrogen and oxygen atoms in total. The fourth-order valence-corrected chi connectivity index (χ4v) is 2.24. The van der Waals surface area contributed by atoms with Gasteiger partial charge in [-0.15, -0.1) is 0 Å². The zero-order chi connectivity index (χ0) is 17.0.